The van der Waals surface area contributed by atoms with Crippen molar-refractivity contribution >= 4 is 11.8 Å². The summed E-state index contributed by atoms with van der Waals surface area (Å²) in [5, 5.41) is 0. The van der Waals surface area contributed by atoms with E-state index < -0.39 is 0 Å². The van der Waals surface area contributed by atoms with Crippen LogP contribution >= 0.6 is 0 Å². The summed E-state index contributed by atoms with van der Waals surface area (Å²) in [6, 6.07) is 5.52. The van der Waals surface area contributed by atoms with Gasteiger partial charge in [0.25, 0.3) is 0 Å². The van der Waals surface area contributed by atoms with Crippen molar-refractivity contribution in [3.63, 3.8) is 0 Å². The van der Waals surface area contributed by atoms with Crippen LogP contribution in [0.25, 0.3) is 11.3 Å². The molecule has 0 bridgehead atoms. The summed E-state index contributed by atoms with van der Waals surface area (Å²) in [6.45, 7) is 0. The lowest BCUT2D eigenvalue weighted by molar-refractivity contribution is 0.398. The van der Waals surface area contributed by atoms with Gasteiger partial charge in [-0.25, -0.2) is 9.97 Å². The van der Waals surface area contributed by atoms with Crippen LogP contribution < -0.4 is 15.4 Å². The van der Waals surface area contributed by atoms with Crippen molar-refractivity contribution in [1.82, 2.24) is 15.0 Å². The molecule has 2 rings (SSSR count). The van der Waals surface area contributed by atoms with Crippen LogP contribution in [0, 0.1) is 0 Å². The number of aromatic nitrogens is 3. The van der Waals surface area contributed by atoms with Crippen molar-refractivity contribution in [2.45, 2.75) is 0 Å². The third-order valence-electron chi connectivity index (χ3n) is 2.42. The summed E-state index contributed by atoms with van der Waals surface area (Å²) >= 11 is 0. The molecule has 0 aliphatic rings. The van der Waals surface area contributed by atoms with Crippen LogP contribution in [0.3, 0.4) is 0 Å². The highest BCUT2D eigenvalue weighted by Gasteiger charge is 2.11. The molecule has 0 fully saturated rings. The SMILES string of the molecule is COc1cc(-c2cccnc2N(C)C)nc(N)n1. The molecule has 6 nitrogen and oxygen atoms in total. The van der Waals surface area contributed by atoms with E-state index in [2.05, 4.69) is 15.0 Å². The van der Waals surface area contributed by atoms with Crippen LogP contribution in [0.4, 0.5) is 11.8 Å². The molecule has 2 heterocycles. The van der Waals surface area contributed by atoms with Gasteiger partial charge in [0.15, 0.2) is 0 Å². The number of nitrogens with two attached hydrogens (primary N) is 1. The normalized spacial score (nSPS) is 10.2. The van der Waals surface area contributed by atoms with E-state index in [1.165, 1.54) is 0 Å². The molecule has 0 amide bonds. The highest BCUT2D eigenvalue weighted by molar-refractivity contribution is 5.73. The number of methoxy groups -OCH3 is 1. The molecule has 2 aromatic heterocycles. The Hall–Kier alpha value is -2.37. The van der Waals surface area contributed by atoms with E-state index in [-0.39, 0.29) is 5.95 Å². The Morgan fingerprint density at radius 3 is 2.72 bits per heavy atom. The van der Waals surface area contributed by atoms with Gasteiger partial charge in [0, 0.05) is 31.9 Å². The standard InChI is InChI=1S/C12H15N5O/c1-17(2)11-8(5-4-6-14-11)9-7-10(18-3)16-12(13)15-9/h4-7H,1-3H3,(H2,13,15,16). The Labute approximate surface area is 105 Å². The van der Waals surface area contributed by atoms with Crippen LogP contribution in [0.1, 0.15) is 0 Å². The van der Waals surface area contributed by atoms with Crippen LogP contribution in [-0.2, 0) is 0 Å². The predicted octanol–water partition coefficient (Wildman–Crippen LogP) is 1.20. The lowest BCUT2D eigenvalue weighted by Gasteiger charge is -2.15. The van der Waals surface area contributed by atoms with Gasteiger partial charge < -0.3 is 15.4 Å². The summed E-state index contributed by atoms with van der Waals surface area (Å²) in [7, 11) is 5.39. The van der Waals surface area contributed by atoms with Gasteiger partial charge in [0.05, 0.1) is 12.8 Å². The van der Waals surface area contributed by atoms with E-state index in [1.807, 2.05) is 31.1 Å². The molecule has 0 spiro atoms. The van der Waals surface area contributed by atoms with Crippen molar-refractivity contribution < 1.29 is 4.74 Å². The summed E-state index contributed by atoms with van der Waals surface area (Å²) in [4.78, 5) is 14.4. The number of rotatable bonds is 3. The van der Waals surface area contributed by atoms with Crippen LogP contribution in [0.15, 0.2) is 24.4 Å². The summed E-state index contributed by atoms with van der Waals surface area (Å²) in [6.07, 6.45) is 1.74. The van der Waals surface area contributed by atoms with Crippen molar-refractivity contribution in [1.29, 1.82) is 0 Å². The van der Waals surface area contributed by atoms with Gasteiger partial charge >= 0.3 is 0 Å². The van der Waals surface area contributed by atoms with Gasteiger partial charge in [-0.15, -0.1) is 0 Å². The van der Waals surface area contributed by atoms with Crippen molar-refractivity contribution in [2.75, 3.05) is 31.8 Å². The molecule has 0 atom stereocenters. The van der Waals surface area contributed by atoms with Crippen molar-refractivity contribution in [3.8, 4) is 17.1 Å². The Bertz CT molecular complexity index is 556. The van der Waals surface area contributed by atoms with Crippen molar-refractivity contribution in [2.24, 2.45) is 0 Å². The molecule has 0 aliphatic carbocycles. The molecule has 94 valence electrons. The summed E-state index contributed by atoms with van der Waals surface area (Å²) in [5.74, 6) is 1.43. The third-order valence-corrected chi connectivity index (χ3v) is 2.42. The third kappa shape index (κ3) is 2.32. The number of nitrogens with zero attached hydrogens (tertiary/aromatic N) is 4. The molecule has 2 N–H and O–H groups in total. The van der Waals surface area contributed by atoms with Crippen LogP contribution in [-0.4, -0.2) is 36.2 Å². The minimum Gasteiger partial charge on any atom is -0.481 e. The first kappa shape index (κ1) is 12.1. The Kier molecular flexibility index (Phi) is 3.27. The number of ether oxygens (including phenoxy) is 1. The monoisotopic (exact) mass is 245 g/mol. The Morgan fingerprint density at radius 2 is 2.06 bits per heavy atom. The van der Waals surface area contributed by atoms with Gasteiger partial charge in [-0.2, -0.15) is 4.98 Å². The lowest BCUT2D eigenvalue weighted by Crippen LogP contribution is -2.12. The fourth-order valence-corrected chi connectivity index (χ4v) is 1.64. The molecule has 0 saturated heterocycles. The fourth-order valence-electron chi connectivity index (χ4n) is 1.64. The zero-order valence-corrected chi connectivity index (χ0v) is 10.6. The zero-order valence-electron chi connectivity index (χ0n) is 10.6. The van der Waals surface area contributed by atoms with E-state index in [9.17, 15) is 0 Å². The average molecular weight is 245 g/mol. The average Bonchev–Trinajstić information content (AvgIpc) is 2.38. The number of hydrogen-bond acceptors (Lipinski definition) is 6. The van der Waals surface area contributed by atoms with E-state index >= 15 is 0 Å². The van der Waals surface area contributed by atoms with Crippen LogP contribution in [0.5, 0.6) is 5.88 Å². The summed E-state index contributed by atoms with van der Waals surface area (Å²) < 4.78 is 5.09. The van der Waals surface area contributed by atoms with E-state index in [4.69, 9.17) is 10.5 Å². The van der Waals surface area contributed by atoms with E-state index in [0.29, 0.717) is 11.6 Å². The quantitative estimate of drug-likeness (QED) is 0.875. The minimum absolute atomic E-state index is 0.179. The molecule has 2 aromatic rings. The number of hydrogen-bond donors (Lipinski definition) is 1. The smallest absolute Gasteiger partial charge is 0.223 e. The van der Waals surface area contributed by atoms with Gasteiger partial charge in [-0.05, 0) is 12.1 Å². The molecule has 18 heavy (non-hydrogen) atoms. The molecule has 0 saturated carbocycles. The first-order chi connectivity index (χ1) is 8.61. The van der Waals surface area contributed by atoms with Gasteiger partial charge in [-0.3, -0.25) is 0 Å². The molecule has 0 radical (unpaired) electrons. The predicted molar refractivity (Wildman–Crippen MR) is 70.6 cm³/mol. The maximum Gasteiger partial charge on any atom is 0.223 e. The molecule has 0 unspecified atom stereocenters. The topological polar surface area (TPSA) is 77.2 Å². The van der Waals surface area contributed by atoms with Gasteiger partial charge in [0.1, 0.15) is 5.82 Å². The maximum absolute atomic E-state index is 5.66. The highest BCUT2D eigenvalue weighted by atomic mass is 16.5. The van der Waals surface area contributed by atoms with E-state index in [1.54, 1.807) is 19.4 Å². The second kappa shape index (κ2) is 4.87. The first-order valence-electron chi connectivity index (χ1n) is 5.43. The molecule has 0 aromatic carbocycles. The lowest BCUT2D eigenvalue weighted by atomic mass is 10.1. The van der Waals surface area contributed by atoms with Crippen LogP contribution in [0.2, 0.25) is 0 Å². The molecule has 0 aliphatic heterocycles. The highest BCUT2D eigenvalue weighted by Crippen LogP contribution is 2.28. The number of anilines is 2. The Morgan fingerprint density at radius 1 is 1.28 bits per heavy atom. The number of pyridine rings is 1. The largest absolute Gasteiger partial charge is 0.481 e. The minimum atomic E-state index is 0.179. The molecular weight excluding hydrogens is 230 g/mol. The Balaban J connectivity index is 2.58. The first-order valence-corrected chi connectivity index (χ1v) is 5.43. The second-order valence-electron chi connectivity index (χ2n) is 3.92. The number of nitrogen functional groups attached to an aromatic ring is 1. The zero-order chi connectivity index (χ0) is 13.1. The van der Waals surface area contributed by atoms with E-state index in [0.717, 1.165) is 11.4 Å². The molecular formula is C12H15N5O. The van der Waals surface area contributed by atoms with Gasteiger partial charge in [0.2, 0.25) is 11.8 Å². The van der Waals surface area contributed by atoms with Crippen molar-refractivity contribution in [3.05, 3.63) is 24.4 Å². The van der Waals surface area contributed by atoms with Gasteiger partial charge in [-0.1, -0.05) is 0 Å². The maximum atomic E-state index is 5.66. The fraction of sp³-hybridized carbons (Fsp3) is 0.250. The molecule has 6 heteroatoms. The summed E-state index contributed by atoms with van der Waals surface area (Å²) in [5.41, 5.74) is 7.24. The second-order valence-corrected chi connectivity index (χ2v) is 3.92.